The summed E-state index contributed by atoms with van der Waals surface area (Å²) in [7, 11) is 0.917. The van der Waals surface area contributed by atoms with E-state index in [1.165, 1.54) is 32.1 Å². The zero-order valence-corrected chi connectivity index (χ0v) is 18.2. The van der Waals surface area contributed by atoms with Crippen LogP contribution >= 0.6 is 11.6 Å². The summed E-state index contributed by atoms with van der Waals surface area (Å²) in [4.78, 5) is 0. The molecular weight excluding hydrogens is 376 g/mol. The van der Waals surface area contributed by atoms with E-state index in [1.807, 2.05) is 0 Å². The minimum absolute atomic E-state index is 0. The van der Waals surface area contributed by atoms with E-state index in [2.05, 4.69) is 65.5 Å². The van der Waals surface area contributed by atoms with Gasteiger partial charge in [-0.1, -0.05) is 39.5 Å². The molecule has 0 fully saturated rings. The molecule has 0 saturated carbocycles. The predicted octanol–water partition coefficient (Wildman–Crippen LogP) is 1.04. The number of hydrogen-bond donors (Lipinski definition) is 0. The molecule has 0 aliphatic heterocycles. The van der Waals surface area contributed by atoms with E-state index in [0.29, 0.717) is 0 Å². The summed E-state index contributed by atoms with van der Waals surface area (Å²) in [5, 5.41) is 0. The quantitative estimate of drug-likeness (QED) is 0.294. The Kier molecular flexibility index (Phi) is 125. The normalized spacial score (nSPS) is 6.22. The molecule has 0 unspecified atom stereocenters. The van der Waals surface area contributed by atoms with E-state index >= 15 is 0 Å². The first-order valence-electron chi connectivity index (χ1n) is 5.18. The Hall–Kier alpha value is 2.45. The van der Waals surface area contributed by atoms with E-state index < -0.39 is 0 Å². The average Bonchev–Trinajstić information content (AvgIpc) is 2.32. The number of rotatable bonds is 5. The summed E-state index contributed by atoms with van der Waals surface area (Å²) in [6.45, 7) is 8.02. The molecule has 0 aliphatic carbocycles. The molecule has 0 radical (unpaired) electrons. The summed E-state index contributed by atoms with van der Waals surface area (Å²) in [5.74, 6) is 0.827. The second-order valence-electron chi connectivity index (χ2n) is 2.67. The van der Waals surface area contributed by atoms with Crippen LogP contribution in [0.4, 0.5) is 0 Å². The van der Waals surface area contributed by atoms with Crippen LogP contribution in [0.5, 0.6) is 0 Å². The minimum atomic E-state index is 0. The Labute approximate surface area is 164 Å². The van der Waals surface area contributed by atoms with E-state index in [0.717, 1.165) is 21.2 Å². The van der Waals surface area contributed by atoms with E-state index in [1.54, 1.807) is 0 Å². The van der Waals surface area contributed by atoms with Gasteiger partial charge in [0.15, 0.2) is 0 Å². The van der Waals surface area contributed by atoms with Gasteiger partial charge < -0.3 is 19.3 Å². The van der Waals surface area contributed by atoms with Crippen molar-refractivity contribution in [1.82, 2.24) is 0 Å². The second kappa shape index (κ2) is 60.6. The van der Waals surface area contributed by atoms with Crippen LogP contribution in [0.15, 0.2) is 0 Å². The topological polar surface area (TPSA) is 0 Å². The molecule has 0 atom stereocenters. The molecule has 0 aliphatic rings. The van der Waals surface area contributed by atoms with Crippen molar-refractivity contribution in [3.05, 3.63) is 6.92 Å². The maximum absolute atomic E-state index is 5.38. The van der Waals surface area contributed by atoms with Crippen LogP contribution in [0.1, 0.15) is 52.4 Å². The van der Waals surface area contributed by atoms with Gasteiger partial charge in [-0.25, -0.2) is 0 Å². The number of hydrogen-bond acceptors (Lipinski definition) is 4. The zero-order valence-electron chi connectivity index (χ0n) is 11.2. The van der Waals surface area contributed by atoms with Gasteiger partial charge in [-0.2, -0.15) is 6.42 Å². The number of alkyl halides is 1. The Balaban J connectivity index is -0.0000000276. The summed E-state index contributed by atoms with van der Waals surface area (Å²) in [6, 6.07) is 0. The van der Waals surface area contributed by atoms with Crippen molar-refractivity contribution < 1.29 is 12.4 Å². The summed E-state index contributed by atoms with van der Waals surface area (Å²) in [5.41, 5.74) is 0. The smallest absolute Gasteiger partial charge is 1.00 e. The van der Waals surface area contributed by atoms with Crippen LogP contribution in [-0.4, -0.2) is 28.9 Å². The molecule has 8 heteroatoms. The molecule has 0 saturated heterocycles. The van der Waals surface area contributed by atoms with Crippen molar-refractivity contribution in [3.8, 4) is 0 Å². The molecule has 0 heterocycles. The van der Waals surface area contributed by atoms with Crippen molar-refractivity contribution in [3.63, 3.8) is 0 Å². The van der Waals surface area contributed by atoms with Crippen LogP contribution < -0.4 is 12.4 Å². The van der Waals surface area contributed by atoms with Gasteiger partial charge in [-0.05, 0) is 6.42 Å². The standard InChI is InChI=1S/C5H11Cl.C5H11.ClH.Mg.S3.S2/c1-2-3-4-5-6;1-3-5-4-2;;;1-3-2;1-2/h2-5H2,1H3;1,3-5H2,2H3;1H;;;/q;-1;;+2;;/p-1. The Bertz CT molecular complexity index is 119. The minimum Gasteiger partial charge on any atom is -1.00 e. The molecule has 0 bridgehead atoms. The summed E-state index contributed by atoms with van der Waals surface area (Å²) < 4.78 is 0. The Morgan fingerprint density at radius 1 is 1.00 bits per heavy atom. The molecule has 0 amide bonds. The van der Waals surface area contributed by atoms with Crippen LogP contribution in [-0.2, 0) is 53.6 Å². The molecule has 0 rings (SSSR count). The fraction of sp³-hybridized carbons (Fsp3) is 0.900. The van der Waals surface area contributed by atoms with Gasteiger partial charge >= 0.3 is 23.1 Å². The molecule has 0 N–H and O–H groups in total. The van der Waals surface area contributed by atoms with Gasteiger partial charge in [-0.3, -0.25) is 0 Å². The van der Waals surface area contributed by atoms with Crippen molar-refractivity contribution in [1.29, 1.82) is 0 Å². The average molecular weight is 398 g/mol. The second-order valence-corrected chi connectivity index (χ2v) is 4.82. The van der Waals surface area contributed by atoms with Gasteiger partial charge in [0.05, 0.1) is 0 Å². The number of halogens is 2. The predicted molar refractivity (Wildman–Crippen MR) is 97.7 cm³/mol. The first-order chi connectivity index (χ1) is 7.74. The molecule has 18 heavy (non-hydrogen) atoms. The van der Waals surface area contributed by atoms with Crippen molar-refractivity contribution in [2.24, 2.45) is 0 Å². The SMILES string of the molecule is CCCCCCl.S=S.S=S=S.[CH2-]CCCC.[Cl-].[Mg+2]. The van der Waals surface area contributed by atoms with Crippen LogP contribution in [0.3, 0.4) is 0 Å². The van der Waals surface area contributed by atoms with Gasteiger partial charge in [-0.15, -0.1) is 11.6 Å². The van der Waals surface area contributed by atoms with Crippen molar-refractivity contribution in [2.75, 3.05) is 5.88 Å². The molecule has 0 nitrogen and oxygen atoms in total. The third-order valence-corrected chi connectivity index (χ3v) is 1.61. The first kappa shape index (κ1) is 37.0. The van der Waals surface area contributed by atoms with Crippen LogP contribution in [0.2, 0.25) is 0 Å². The molecule has 0 aromatic rings. The van der Waals surface area contributed by atoms with Gasteiger partial charge in [0, 0.05) is 59.5 Å². The van der Waals surface area contributed by atoms with Crippen LogP contribution in [0.25, 0.3) is 0 Å². The summed E-state index contributed by atoms with van der Waals surface area (Å²) >= 11 is 21.0. The van der Waals surface area contributed by atoms with Gasteiger partial charge in [0.2, 0.25) is 0 Å². The molecule has 0 spiro atoms. The largest absolute Gasteiger partial charge is 2.00 e. The van der Waals surface area contributed by atoms with Gasteiger partial charge in [0.25, 0.3) is 0 Å². The van der Waals surface area contributed by atoms with Crippen molar-refractivity contribution >= 4 is 88.3 Å². The van der Waals surface area contributed by atoms with Gasteiger partial charge in [0.1, 0.15) is 0 Å². The maximum atomic E-state index is 5.38. The fourth-order valence-corrected chi connectivity index (χ4v) is 0.783. The van der Waals surface area contributed by atoms with E-state index in [4.69, 9.17) is 11.6 Å². The monoisotopic (exact) mass is 396 g/mol. The fourth-order valence-electron chi connectivity index (χ4n) is 0.594. The van der Waals surface area contributed by atoms with Crippen molar-refractivity contribution in [2.45, 2.75) is 52.4 Å². The number of unbranched alkanes of at least 4 members (excludes halogenated alkanes) is 4. The zero-order chi connectivity index (χ0) is 13.7. The molecular formula is C10H22Cl2MgS5. The third-order valence-electron chi connectivity index (χ3n) is 1.34. The van der Waals surface area contributed by atoms with Crippen LogP contribution in [0, 0.1) is 6.92 Å². The first-order valence-corrected chi connectivity index (χ1v) is 9.72. The third kappa shape index (κ3) is 101. The molecule has 0 aromatic heterocycles. The molecule has 108 valence electrons. The summed E-state index contributed by atoms with van der Waals surface area (Å²) in [6.07, 6.45) is 7.38. The Morgan fingerprint density at radius 3 is 1.39 bits per heavy atom. The van der Waals surface area contributed by atoms with E-state index in [9.17, 15) is 0 Å². The maximum Gasteiger partial charge on any atom is 2.00 e. The van der Waals surface area contributed by atoms with E-state index in [-0.39, 0.29) is 35.5 Å². The molecule has 0 aromatic carbocycles. The Morgan fingerprint density at radius 2 is 1.33 bits per heavy atom.